The molecule has 9 heteroatoms. The molecule has 0 aliphatic carbocycles. The van der Waals surface area contributed by atoms with Gasteiger partial charge < -0.3 is 15.5 Å². The van der Waals surface area contributed by atoms with Gasteiger partial charge in [-0.3, -0.25) is 14.9 Å². The van der Waals surface area contributed by atoms with Crippen LogP contribution in [0.3, 0.4) is 0 Å². The van der Waals surface area contributed by atoms with Crippen molar-refractivity contribution >= 4 is 40.2 Å². The molecule has 0 spiro atoms. The van der Waals surface area contributed by atoms with Crippen LogP contribution in [0.2, 0.25) is 0 Å². The molecule has 0 aromatic heterocycles. The number of nitrogens with one attached hydrogen (secondary N) is 1. The highest BCUT2D eigenvalue weighted by Crippen LogP contribution is 2.19. The average molecular weight is 380 g/mol. The molecule has 0 saturated carbocycles. The molecule has 0 saturated heterocycles. The Balaban J connectivity index is 2.84. The van der Waals surface area contributed by atoms with E-state index in [1.54, 1.807) is 0 Å². The molecular formula is C10H9IN2O6. The molecule has 1 aromatic rings. The quantitative estimate of drug-likeness (QED) is 0.385. The van der Waals surface area contributed by atoms with Crippen molar-refractivity contribution in [3.05, 3.63) is 37.4 Å². The smallest absolute Gasteiger partial charge is 0.334 e. The van der Waals surface area contributed by atoms with Crippen molar-refractivity contribution in [3.63, 3.8) is 0 Å². The maximum atomic E-state index is 11.7. The normalized spacial score (nSPS) is 11.7. The second kappa shape index (κ2) is 6.43. The maximum Gasteiger partial charge on any atom is 0.334 e. The fourth-order valence-corrected chi connectivity index (χ4v) is 1.75. The lowest BCUT2D eigenvalue weighted by Crippen LogP contribution is -2.36. The maximum absolute atomic E-state index is 11.7. The van der Waals surface area contributed by atoms with E-state index < -0.39 is 29.4 Å². The van der Waals surface area contributed by atoms with E-state index in [2.05, 4.69) is 5.32 Å². The fraction of sp³-hybridized carbons (Fsp3) is 0.200. The van der Waals surface area contributed by atoms with Crippen LogP contribution in [-0.2, 0) is 4.79 Å². The van der Waals surface area contributed by atoms with Crippen LogP contribution in [0.5, 0.6) is 0 Å². The van der Waals surface area contributed by atoms with E-state index in [0.717, 1.165) is 6.07 Å². The first-order chi connectivity index (χ1) is 8.82. The van der Waals surface area contributed by atoms with Gasteiger partial charge in [-0.1, -0.05) is 0 Å². The molecule has 0 unspecified atom stereocenters. The number of benzene rings is 1. The zero-order valence-corrected chi connectivity index (χ0v) is 11.5. The van der Waals surface area contributed by atoms with E-state index in [9.17, 15) is 19.7 Å². The van der Waals surface area contributed by atoms with Gasteiger partial charge in [0, 0.05) is 15.7 Å². The van der Waals surface area contributed by atoms with Gasteiger partial charge in [-0.2, -0.15) is 0 Å². The molecule has 0 fully saturated rings. The monoisotopic (exact) mass is 380 g/mol. The van der Waals surface area contributed by atoms with Crippen molar-refractivity contribution in [2.75, 3.05) is 6.54 Å². The van der Waals surface area contributed by atoms with Gasteiger partial charge in [0.1, 0.15) is 0 Å². The lowest BCUT2D eigenvalue weighted by atomic mass is 10.2. The number of carbonyl (C=O) groups is 2. The van der Waals surface area contributed by atoms with Crippen molar-refractivity contribution in [3.8, 4) is 0 Å². The second-order valence-electron chi connectivity index (χ2n) is 3.49. The molecule has 0 aliphatic rings. The molecule has 1 amide bonds. The summed E-state index contributed by atoms with van der Waals surface area (Å²) in [6.07, 6.45) is -1.72. The summed E-state index contributed by atoms with van der Waals surface area (Å²) in [6.45, 7) is -0.479. The van der Waals surface area contributed by atoms with Crippen LogP contribution in [0.15, 0.2) is 18.2 Å². The Morgan fingerprint density at radius 1 is 1.47 bits per heavy atom. The van der Waals surface area contributed by atoms with E-state index >= 15 is 0 Å². The van der Waals surface area contributed by atoms with Gasteiger partial charge in [0.25, 0.3) is 11.6 Å². The summed E-state index contributed by atoms with van der Waals surface area (Å²) in [5.74, 6) is -2.15. The van der Waals surface area contributed by atoms with E-state index in [0.29, 0.717) is 3.57 Å². The minimum Gasteiger partial charge on any atom is -0.479 e. The molecule has 1 aromatic carbocycles. The van der Waals surface area contributed by atoms with Crippen molar-refractivity contribution in [1.82, 2.24) is 5.32 Å². The Bertz CT molecular complexity index is 533. The van der Waals surface area contributed by atoms with Gasteiger partial charge in [0.05, 0.1) is 17.0 Å². The third-order valence-corrected chi connectivity index (χ3v) is 3.09. The molecule has 19 heavy (non-hydrogen) atoms. The average Bonchev–Trinajstić information content (AvgIpc) is 2.35. The molecule has 102 valence electrons. The fourth-order valence-electron chi connectivity index (χ4n) is 1.17. The van der Waals surface area contributed by atoms with E-state index in [4.69, 9.17) is 10.2 Å². The number of carboxylic acid groups (broad SMARTS) is 1. The largest absolute Gasteiger partial charge is 0.479 e. The Morgan fingerprint density at radius 3 is 2.63 bits per heavy atom. The van der Waals surface area contributed by atoms with E-state index in [-0.39, 0.29) is 11.3 Å². The lowest BCUT2D eigenvalue weighted by Gasteiger charge is -2.08. The summed E-state index contributed by atoms with van der Waals surface area (Å²) in [4.78, 5) is 32.0. The van der Waals surface area contributed by atoms with Crippen LogP contribution in [-0.4, -0.2) is 39.7 Å². The van der Waals surface area contributed by atoms with E-state index in [1.165, 1.54) is 12.1 Å². The van der Waals surface area contributed by atoms with Crippen LogP contribution in [0, 0.1) is 13.7 Å². The van der Waals surface area contributed by atoms with Crippen LogP contribution in [0.25, 0.3) is 0 Å². The topological polar surface area (TPSA) is 130 Å². The number of nitro groups is 1. The number of non-ortho nitro benzene ring substituents is 1. The van der Waals surface area contributed by atoms with Gasteiger partial charge >= 0.3 is 5.97 Å². The Morgan fingerprint density at radius 2 is 2.11 bits per heavy atom. The molecule has 3 N–H and O–H groups in total. The molecule has 0 heterocycles. The number of rotatable bonds is 5. The summed E-state index contributed by atoms with van der Waals surface area (Å²) in [6, 6.07) is 3.75. The number of aliphatic hydroxyl groups is 1. The van der Waals surface area contributed by atoms with Gasteiger partial charge in [-0.05, 0) is 28.7 Å². The number of amides is 1. The minimum atomic E-state index is -1.72. The molecule has 0 radical (unpaired) electrons. The Hall–Kier alpha value is -1.75. The molecule has 1 atom stereocenters. The Kier molecular flexibility index (Phi) is 5.18. The molecular weight excluding hydrogens is 371 g/mol. The number of aliphatic carboxylic acids is 1. The van der Waals surface area contributed by atoms with Gasteiger partial charge in [0.2, 0.25) is 0 Å². The number of halogens is 1. The summed E-state index contributed by atoms with van der Waals surface area (Å²) in [5.41, 5.74) is -0.197. The SMILES string of the molecule is O=C(NC[C@H](O)C(=O)O)c1cc([N+](=O)[O-])ccc1I. The highest BCUT2D eigenvalue weighted by Gasteiger charge is 2.18. The first kappa shape index (κ1) is 15.3. The summed E-state index contributed by atoms with van der Waals surface area (Å²) in [7, 11) is 0. The third-order valence-electron chi connectivity index (χ3n) is 2.15. The summed E-state index contributed by atoms with van der Waals surface area (Å²) < 4.78 is 0.477. The highest BCUT2D eigenvalue weighted by molar-refractivity contribution is 14.1. The number of carboxylic acids is 1. The first-order valence-corrected chi connectivity index (χ1v) is 6.04. The number of hydrogen-bond donors (Lipinski definition) is 3. The Labute approximate surface area is 120 Å². The predicted molar refractivity (Wildman–Crippen MR) is 71.8 cm³/mol. The van der Waals surface area contributed by atoms with Crippen LogP contribution in [0.4, 0.5) is 5.69 Å². The number of nitro benzene ring substituents is 1. The van der Waals surface area contributed by atoms with Crippen molar-refractivity contribution in [2.24, 2.45) is 0 Å². The van der Waals surface area contributed by atoms with Crippen molar-refractivity contribution in [1.29, 1.82) is 0 Å². The zero-order chi connectivity index (χ0) is 14.6. The predicted octanol–water partition coefficient (Wildman–Crippen LogP) is 0.375. The van der Waals surface area contributed by atoms with Crippen LogP contribution < -0.4 is 5.32 Å². The van der Waals surface area contributed by atoms with Crippen molar-refractivity contribution < 1.29 is 24.7 Å². The lowest BCUT2D eigenvalue weighted by molar-refractivity contribution is -0.384. The zero-order valence-electron chi connectivity index (χ0n) is 9.37. The second-order valence-corrected chi connectivity index (χ2v) is 4.65. The van der Waals surface area contributed by atoms with Gasteiger partial charge in [-0.15, -0.1) is 0 Å². The van der Waals surface area contributed by atoms with Crippen molar-refractivity contribution in [2.45, 2.75) is 6.10 Å². The highest BCUT2D eigenvalue weighted by atomic mass is 127. The molecule has 8 nitrogen and oxygen atoms in total. The third kappa shape index (κ3) is 4.13. The molecule has 0 aliphatic heterocycles. The molecule has 0 bridgehead atoms. The van der Waals surface area contributed by atoms with Gasteiger partial charge in [-0.25, -0.2) is 4.79 Å². The first-order valence-electron chi connectivity index (χ1n) is 4.96. The van der Waals surface area contributed by atoms with E-state index in [1.807, 2.05) is 22.6 Å². The number of hydrogen-bond acceptors (Lipinski definition) is 5. The number of nitrogens with zero attached hydrogens (tertiary/aromatic N) is 1. The number of carbonyl (C=O) groups excluding carboxylic acids is 1. The summed E-state index contributed by atoms with van der Waals surface area (Å²) in [5, 5.41) is 30.2. The van der Waals surface area contributed by atoms with Gasteiger partial charge in [0.15, 0.2) is 6.10 Å². The van der Waals surface area contributed by atoms with Crippen LogP contribution in [0.1, 0.15) is 10.4 Å². The number of aliphatic hydroxyl groups excluding tert-OH is 1. The molecule has 1 rings (SSSR count). The summed E-state index contributed by atoms with van der Waals surface area (Å²) >= 11 is 1.82. The van der Waals surface area contributed by atoms with Crippen LogP contribution >= 0.6 is 22.6 Å². The standard InChI is InChI=1S/C10H9IN2O6/c11-7-2-1-5(13(18)19)3-6(7)9(15)12-4-8(14)10(16)17/h1-3,8,14H,4H2,(H,12,15)(H,16,17)/t8-/m0/s1. The minimum absolute atomic E-state index is 0.0485.